The Morgan fingerprint density at radius 1 is 1.25 bits per heavy atom. The van der Waals surface area contributed by atoms with Gasteiger partial charge in [-0.25, -0.2) is 13.2 Å². The van der Waals surface area contributed by atoms with E-state index in [-0.39, 0.29) is 21.7 Å². The summed E-state index contributed by atoms with van der Waals surface area (Å²) in [5, 5.41) is 3.97. The van der Waals surface area contributed by atoms with E-state index in [1.54, 1.807) is 0 Å². The monoisotopic (exact) mass is 373 g/mol. The summed E-state index contributed by atoms with van der Waals surface area (Å²) in [6.45, 7) is 0. The fraction of sp³-hybridized carbons (Fsp3) is 0.500. The molecule has 0 heterocycles. The van der Waals surface area contributed by atoms with Crippen LogP contribution in [0.5, 0.6) is 0 Å². The van der Waals surface area contributed by atoms with Gasteiger partial charge < -0.3 is 9.57 Å². The molecule has 8 heteroatoms. The highest BCUT2D eigenvalue weighted by Gasteiger charge is 2.21. The van der Waals surface area contributed by atoms with Crippen molar-refractivity contribution in [1.82, 2.24) is 0 Å². The molecule has 2 rings (SSSR count). The number of carbonyl (C=O) groups excluding carboxylic acids is 1. The molecular formula is C16H20ClNO5S. The lowest BCUT2D eigenvalue weighted by Gasteiger charge is -2.19. The molecule has 1 aromatic rings. The SMILES string of the molecule is COC(=O)/C(=N\OC1CCCCC1)c1ccc(S(C)(=O)=O)c(Cl)c1. The molecule has 1 aromatic carbocycles. The fourth-order valence-electron chi connectivity index (χ4n) is 2.55. The zero-order valence-corrected chi connectivity index (χ0v) is 15.2. The molecule has 1 aliphatic carbocycles. The van der Waals surface area contributed by atoms with Gasteiger partial charge in [-0.3, -0.25) is 0 Å². The summed E-state index contributed by atoms with van der Waals surface area (Å²) in [7, 11) is -2.21. The molecule has 0 spiro atoms. The number of benzene rings is 1. The van der Waals surface area contributed by atoms with Gasteiger partial charge in [0.2, 0.25) is 0 Å². The van der Waals surface area contributed by atoms with E-state index in [1.165, 1.54) is 31.7 Å². The van der Waals surface area contributed by atoms with Gasteiger partial charge in [0.05, 0.1) is 17.0 Å². The number of nitrogens with zero attached hydrogens (tertiary/aromatic N) is 1. The number of hydrogen-bond acceptors (Lipinski definition) is 6. The molecule has 0 aromatic heterocycles. The second kappa shape index (κ2) is 7.98. The standard InChI is InChI=1S/C16H20ClNO5S/c1-22-16(19)15(18-23-12-6-4-3-5-7-12)11-8-9-14(13(17)10-11)24(2,20)21/h8-10,12H,3-7H2,1-2H3/b18-15-. The van der Waals surface area contributed by atoms with Crippen LogP contribution < -0.4 is 0 Å². The zero-order valence-electron chi connectivity index (χ0n) is 13.6. The van der Waals surface area contributed by atoms with Crippen LogP contribution in [0.4, 0.5) is 0 Å². The van der Waals surface area contributed by atoms with Gasteiger partial charge in [0.1, 0.15) is 6.10 Å². The summed E-state index contributed by atoms with van der Waals surface area (Å²) in [6, 6.07) is 4.17. The molecule has 0 bridgehead atoms. The molecule has 132 valence electrons. The van der Waals surface area contributed by atoms with E-state index in [1.807, 2.05) is 0 Å². The van der Waals surface area contributed by atoms with E-state index in [2.05, 4.69) is 5.16 Å². The van der Waals surface area contributed by atoms with Crippen LogP contribution in [-0.4, -0.2) is 39.6 Å². The predicted molar refractivity (Wildman–Crippen MR) is 91.1 cm³/mol. The Labute approximate surface area is 146 Å². The summed E-state index contributed by atoms with van der Waals surface area (Å²) in [5.41, 5.74) is 0.306. The Hall–Kier alpha value is -1.60. The Kier molecular flexibility index (Phi) is 6.23. The highest BCUT2D eigenvalue weighted by atomic mass is 35.5. The largest absolute Gasteiger partial charge is 0.464 e. The van der Waals surface area contributed by atoms with E-state index in [0.29, 0.717) is 5.56 Å². The summed E-state index contributed by atoms with van der Waals surface area (Å²) < 4.78 is 28.0. The summed E-state index contributed by atoms with van der Waals surface area (Å²) in [4.78, 5) is 17.5. The first kappa shape index (κ1) is 18.7. The molecule has 0 radical (unpaired) electrons. The van der Waals surface area contributed by atoms with E-state index in [9.17, 15) is 13.2 Å². The number of oxime groups is 1. The first-order valence-corrected chi connectivity index (χ1v) is 9.92. The zero-order chi connectivity index (χ0) is 17.7. The van der Waals surface area contributed by atoms with Gasteiger partial charge in [-0.1, -0.05) is 29.2 Å². The van der Waals surface area contributed by atoms with Gasteiger partial charge in [-0.2, -0.15) is 0 Å². The average molecular weight is 374 g/mol. The third-order valence-electron chi connectivity index (χ3n) is 3.83. The maximum absolute atomic E-state index is 12.0. The van der Waals surface area contributed by atoms with E-state index >= 15 is 0 Å². The lowest BCUT2D eigenvalue weighted by Crippen LogP contribution is -2.21. The minimum absolute atomic E-state index is 0.00895. The number of ether oxygens (including phenoxy) is 1. The van der Waals surface area contributed by atoms with Crippen LogP contribution in [-0.2, 0) is 24.2 Å². The second-order valence-electron chi connectivity index (χ2n) is 5.71. The average Bonchev–Trinajstić information content (AvgIpc) is 2.54. The molecule has 6 nitrogen and oxygen atoms in total. The number of esters is 1. The number of hydrogen-bond donors (Lipinski definition) is 0. The molecule has 0 atom stereocenters. The summed E-state index contributed by atoms with van der Waals surface area (Å²) in [5.74, 6) is -0.672. The predicted octanol–water partition coefficient (Wildman–Crippen LogP) is 2.97. The van der Waals surface area contributed by atoms with Crippen molar-refractivity contribution in [2.45, 2.75) is 43.1 Å². The Morgan fingerprint density at radius 3 is 2.46 bits per heavy atom. The van der Waals surface area contributed by atoms with Crippen molar-refractivity contribution in [3.8, 4) is 0 Å². The molecule has 0 saturated heterocycles. The molecular weight excluding hydrogens is 354 g/mol. The number of sulfone groups is 1. The fourth-order valence-corrected chi connectivity index (χ4v) is 3.88. The quantitative estimate of drug-likeness (QED) is 0.450. The topological polar surface area (TPSA) is 82.0 Å². The van der Waals surface area contributed by atoms with E-state index in [0.717, 1.165) is 31.9 Å². The van der Waals surface area contributed by atoms with Crippen molar-refractivity contribution in [1.29, 1.82) is 0 Å². The van der Waals surface area contributed by atoms with Crippen LogP contribution in [0.3, 0.4) is 0 Å². The van der Waals surface area contributed by atoms with Gasteiger partial charge in [0, 0.05) is 11.8 Å². The Morgan fingerprint density at radius 2 is 1.92 bits per heavy atom. The molecule has 0 amide bonds. The number of methoxy groups -OCH3 is 1. The Bertz CT molecular complexity index is 739. The van der Waals surface area contributed by atoms with Crippen molar-refractivity contribution in [3.63, 3.8) is 0 Å². The minimum Gasteiger partial charge on any atom is -0.464 e. The molecule has 0 aliphatic heterocycles. The van der Waals surface area contributed by atoms with Crippen molar-refractivity contribution < 1.29 is 22.8 Å². The maximum atomic E-state index is 12.0. The normalized spacial score (nSPS) is 16.7. The molecule has 1 aliphatic rings. The van der Waals surface area contributed by atoms with Crippen LogP contribution in [0.25, 0.3) is 0 Å². The molecule has 1 fully saturated rings. The smallest absolute Gasteiger partial charge is 0.360 e. The van der Waals surface area contributed by atoms with Crippen LogP contribution in [0.15, 0.2) is 28.3 Å². The molecule has 24 heavy (non-hydrogen) atoms. The highest BCUT2D eigenvalue weighted by Crippen LogP contribution is 2.24. The highest BCUT2D eigenvalue weighted by molar-refractivity contribution is 7.90. The Balaban J connectivity index is 2.30. The maximum Gasteiger partial charge on any atom is 0.360 e. The second-order valence-corrected chi connectivity index (χ2v) is 8.11. The van der Waals surface area contributed by atoms with Crippen molar-refractivity contribution in [3.05, 3.63) is 28.8 Å². The van der Waals surface area contributed by atoms with Gasteiger partial charge in [0.15, 0.2) is 15.5 Å². The molecule has 1 saturated carbocycles. The third kappa shape index (κ3) is 4.70. The molecule has 0 N–H and O–H groups in total. The summed E-state index contributed by atoms with van der Waals surface area (Å²) >= 11 is 6.03. The lowest BCUT2D eigenvalue weighted by atomic mass is 9.98. The molecule has 0 unspecified atom stereocenters. The van der Waals surface area contributed by atoms with Crippen LogP contribution in [0, 0.1) is 0 Å². The van der Waals surface area contributed by atoms with Crippen molar-refractivity contribution >= 4 is 33.1 Å². The number of halogens is 1. The van der Waals surface area contributed by atoms with Gasteiger partial charge in [-0.05, 0) is 37.8 Å². The first-order valence-electron chi connectivity index (χ1n) is 7.65. The summed E-state index contributed by atoms with van der Waals surface area (Å²) in [6.07, 6.45) is 6.15. The van der Waals surface area contributed by atoms with Crippen molar-refractivity contribution in [2.75, 3.05) is 13.4 Å². The van der Waals surface area contributed by atoms with Crippen LogP contribution >= 0.6 is 11.6 Å². The van der Waals surface area contributed by atoms with Gasteiger partial charge >= 0.3 is 5.97 Å². The van der Waals surface area contributed by atoms with Crippen LogP contribution in [0.1, 0.15) is 37.7 Å². The minimum atomic E-state index is -3.45. The number of rotatable bonds is 5. The lowest BCUT2D eigenvalue weighted by molar-refractivity contribution is -0.132. The van der Waals surface area contributed by atoms with E-state index in [4.69, 9.17) is 21.2 Å². The van der Waals surface area contributed by atoms with E-state index < -0.39 is 15.8 Å². The van der Waals surface area contributed by atoms with Crippen molar-refractivity contribution in [2.24, 2.45) is 5.16 Å². The van der Waals surface area contributed by atoms with Gasteiger partial charge in [-0.15, -0.1) is 0 Å². The third-order valence-corrected chi connectivity index (χ3v) is 5.41. The van der Waals surface area contributed by atoms with Crippen LogP contribution in [0.2, 0.25) is 5.02 Å². The first-order chi connectivity index (χ1) is 11.3. The van der Waals surface area contributed by atoms with Gasteiger partial charge in [0.25, 0.3) is 0 Å². The number of carbonyl (C=O) groups is 1.